The second kappa shape index (κ2) is 4.75. The maximum Gasteiger partial charge on any atom is 0.316 e. The molecule has 0 spiro atoms. The van der Waals surface area contributed by atoms with E-state index in [0.29, 0.717) is 5.75 Å². The van der Waals surface area contributed by atoms with E-state index in [1.54, 1.807) is 0 Å². The monoisotopic (exact) mass is 248 g/mol. The fourth-order valence-electron chi connectivity index (χ4n) is 1.57. The van der Waals surface area contributed by atoms with Gasteiger partial charge in [0.05, 0.1) is 5.41 Å². The van der Waals surface area contributed by atoms with Crippen LogP contribution in [0.5, 0.6) is 5.75 Å². The molecule has 100 valence electrons. The summed E-state index contributed by atoms with van der Waals surface area (Å²) in [6.45, 7) is 14.0. The molecule has 2 nitrogen and oxygen atoms in total. The lowest BCUT2D eigenvalue weighted by atomic mass is 9.85. The summed E-state index contributed by atoms with van der Waals surface area (Å²) in [4.78, 5) is 12.0. The number of ether oxygens (including phenoxy) is 1. The number of esters is 1. The minimum atomic E-state index is -0.486. The Labute approximate surface area is 110 Å². The van der Waals surface area contributed by atoms with Crippen molar-refractivity contribution in [3.8, 4) is 5.75 Å². The number of benzene rings is 1. The molecule has 0 aromatic heterocycles. The molecule has 0 bridgehead atoms. The zero-order valence-corrected chi connectivity index (χ0v) is 12.5. The first kappa shape index (κ1) is 14.7. The van der Waals surface area contributed by atoms with E-state index in [-0.39, 0.29) is 11.4 Å². The van der Waals surface area contributed by atoms with Gasteiger partial charge in [-0.25, -0.2) is 0 Å². The van der Waals surface area contributed by atoms with Crippen LogP contribution in [0, 0.1) is 12.3 Å². The molecule has 0 aliphatic carbocycles. The Kier molecular flexibility index (Phi) is 3.89. The molecular formula is C16H24O2. The van der Waals surface area contributed by atoms with Crippen LogP contribution in [-0.4, -0.2) is 5.97 Å². The highest BCUT2D eigenvalue weighted by atomic mass is 16.5. The molecule has 0 radical (unpaired) electrons. The van der Waals surface area contributed by atoms with Crippen LogP contribution in [0.3, 0.4) is 0 Å². The molecule has 1 rings (SSSR count). The molecular weight excluding hydrogens is 224 g/mol. The second-order valence-electron chi connectivity index (χ2n) is 6.89. The summed E-state index contributed by atoms with van der Waals surface area (Å²) >= 11 is 0. The quantitative estimate of drug-likeness (QED) is 0.549. The maximum atomic E-state index is 12.0. The van der Waals surface area contributed by atoms with Gasteiger partial charge in [0.2, 0.25) is 0 Å². The molecule has 0 amide bonds. The highest BCUT2D eigenvalue weighted by Crippen LogP contribution is 2.33. The van der Waals surface area contributed by atoms with Gasteiger partial charge in [-0.3, -0.25) is 4.79 Å². The van der Waals surface area contributed by atoms with Gasteiger partial charge in [0, 0.05) is 5.56 Å². The molecule has 0 unspecified atom stereocenters. The van der Waals surface area contributed by atoms with Crippen molar-refractivity contribution in [1.29, 1.82) is 0 Å². The fourth-order valence-corrected chi connectivity index (χ4v) is 1.57. The van der Waals surface area contributed by atoms with Crippen LogP contribution in [0.4, 0.5) is 0 Å². The van der Waals surface area contributed by atoms with Crippen LogP contribution < -0.4 is 4.74 Å². The van der Waals surface area contributed by atoms with Crippen molar-refractivity contribution < 1.29 is 9.53 Å². The Morgan fingerprint density at radius 2 is 1.61 bits per heavy atom. The van der Waals surface area contributed by atoms with Gasteiger partial charge >= 0.3 is 5.97 Å². The van der Waals surface area contributed by atoms with Gasteiger partial charge in [-0.2, -0.15) is 0 Å². The molecule has 0 fully saturated rings. The van der Waals surface area contributed by atoms with Crippen LogP contribution in [0.2, 0.25) is 0 Å². The van der Waals surface area contributed by atoms with Crippen molar-refractivity contribution in [3.05, 3.63) is 29.3 Å². The largest absolute Gasteiger partial charge is 0.426 e. The molecule has 0 saturated carbocycles. The van der Waals surface area contributed by atoms with Crippen molar-refractivity contribution in [3.63, 3.8) is 0 Å². The summed E-state index contributed by atoms with van der Waals surface area (Å²) in [6.07, 6.45) is 0. The van der Waals surface area contributed by atoms with E-state index in [1.165, 1.54) is 5.56 Å². The van der Waals surface area contributed by atoms with Crippen molar-refractivity contribution >= 4 is 5.97 Å². The third kappa shape index (κ3) is 3.59. The first-order chi connectivity index (χ1) is 8.01. The van der Waals surface area contributed by atoms with E-state index in [2.05, 4.69) is 26.8 Å². The molecule has 0 aliphatic rings. The summed E-state index contributed by atoms with van der Waals surface area (Å²) in [5.41, 5.74) is 1.72. The van der Waals surface area contributed by atoms with Gasteiger partial charge in [0.15, 0.2) is 0 Å². The SMILES string of the molecule is Cc1ccc(OC(=O)C(C)(C)C)c(C(C)(C)C)c1. The van der Waals surface area contributed by atoms with Gasteiger partial charge in [0.25, 0.3) is 0 Å². The summed E-state index contributed by atoms with van der Waals surface area (Å²) in [7, 11) is 0. The molecule has 0 N–H and O–H groups in total. The Bertz CT molecular complexity index is 445. The predicted octanol–water partition coefficient (Wildman–Crippen LogP) is 4.24. The Hall–Kier alpha value is -1.31. The molecule has 0 saturated heterocycles. The van der Waals surface area contributed by atoms with Crippen LogP contribution in [0.1, 0.15) is 52.7 Å². The molecule has 0 atom stereocenters. The lowest BCUT2D eigenvalue weighted by Crippen LogP contribution is -2.27. The average Bonchev–Trinajstić information content (AvgIpc) is 2.17. The predicted molar refractivity (Wildman–Crippen MR) is 75.0 cm³/mol. The second-order valence-corrected chi connectivity index (χ2v) is 6.89. The number of carbonyl (C=O) groups excluding carboxylic acids is 1. The molecule has 1 aromatic rings. The van der Waals surface area contributed by atoms with Crippen LogP contribution >= 0.6 is 0 Å². The number of hydrogen-bond acceptors (Lipinski definition) is 2. The lowest BCUT2D eigenvalue weighted by Gasteiger charge is -2.24. The summed E-state index contributed by atoms with van der Waals surface area (Å²) in [5, 5.41) is 0. The van der Waals surface area contributed by atoms with Crippen molar-refractivity contribution in [2.24, 2.45) is 5.41 Å². The molecule has 1 aromatic carbocycles. The summed E-state index contributed by atoms with van der Waals surface area (Å²) < 4.78 is 5.55. The van der Waals surface area contributed by atoms with Crippen molar-refractivity contribution in [1.82, 2.24) is 0 Å². The first-order valence-corrected chi connectivity index (χ1v) is 6.35. The molecule has 0 aliphatic heterocycles. The minimum absolute atomic E-state index is 0.0421. The number of rotatable bonds is 1. The lowest BCUT2D eigenvalue weighted by molar-refractivity contribution is -0.143. The normalized spacial score (nSPS) is 12.4. The zero-order chi connectivity index (χ0) is 14.1. The molecule has 18 heavy (non-hydrogen) atoms. The van der Waals surface area contributed by atoms with Gasteiger partial charge in [0.1, 0.15) is 5.75 Å². The smallest absolute Gasteiger partial charge is 0.316 e. The van der Waals surface area contributed by atoms with E-state index >= 15 is 0 Å². The van der Waals surface area contributed by atoms with Gasteiger partial charge < -0.3 is 4.74 Å². The van der Waals surface area contributed by atoms with Gasteiger partial charge in [-0.1, -0.05) is 38.5 Å². The van der Waals surface area contributed by atoms with E-state index in [4.69, 9.17) is 4.74 Å². The van der Waals surface area contributed by atoms with E-state index in [0.717, 1.165) is 5.56 Å². The van der Waals surface area contributed by atoms with Gasteiger partial charge in [-0.15, -0.1) is 0 Å². The Morgan fingerprint density at radius 3 is 2.06 bits per heavy atom. The van der Waals surface area contributed by atoms with Crippen molar-refractivity contribution in [2.45, 2.75) is 53.9 Å². The van der Waals surface area contributed by atoms with Crippen molar-refractivity contribution in [2.75, 3.05) is 0 Å². The topological polar surface area (TPSA) is 26.3 Å². The van der Waals surface area contributed by atoms with Crippen LogP contribution in [0.25, 0.3) is 0 Å². The average molecular weight is 248 g/mol. The third-order valence-electron chi connectivity index (χ3n) is 2.76. The third-order valence-corrected chi connectivity index (χ3v) is 2.76. The Morgan fingerprint density at radius 1 is 1.06 bits per heavy atom. The minimum Gasteiger partial charge on any atom is -0.426 e. The highest BCUT2D eigenvalue weighted by molar-refractivity contribution is 5.78. The van der Waals surface area contributed by atoms with Crippen LogP contribution in [-0.2, 0) is 10.2 Å². The molecule has 0 heterocycles. The standard InChI is InChI=1S/C16H24O2/c1-11-8-9-13(12(10-11)15(2,3)4)18-14(17)16(5,6)7/h8-10H,1-7H3. The molecule has 2 heteroatoms. The zero-order valence-electron chi connectivity index (χ0n) is 12.5. The summed E-state index contributed by atoms with van der Waals surface area (Å²) in [6, 6.07) is 5.95. The number of carbonyl (C=O) groups is 1. The van der Waals surface area contributed by atoms with E-state index in [1.807, 2.05) is 39.8 Å². The Balaban J connectivity index is 3.14. The summed E-state index contributed by atoms with van der Waals surface area (Å²) in [5.74, 6) is 0.477. The van der Waals surface area contributed by atoms with E-state index < -0.39 is 5.41 Å². The number of aryl methyl sites for hydroxylation is 1. The van der Waals surface area contributed by atoms with E-state index in [9.17, 15) is 4.79 Å². The first-order valence-electron chi connectivity index (χ1n) is 6.35. The number of hydrogen-bond donors (Lipinski definition) is 0. The van der Waals surface area contributed by atoms with Gasteiger partial charge in [-0.05, 0) is 39.2 Å². The fraction of sp³-hybridized carbons (Fsp3) is 0.562. The van der Waals surface area contributed by atoms with Crippen LogP contribution in [0.15, 0.2) is 18.2 Å². The highest BCUT2D eigenvalue weighted by Gasteiger charge is 2.26. The maximum absolute atomic E-state index is 12.0.